The number of thioether (sulfide) groups is 1. The Kier molecular flexibility index (Phi) is 6.22. The van der Waals surface area contributed by atoms with E-state index in [4.69, 9.17) is 11.6 Å². The third kappa shape index (κ3) is 4.59. The highest BCUT2D eigenvalue weighted by Crippen LogP contribution is 2.38. The molecule has 1 aliphatic heterocycles. The molecule has 0 radical (unpaired) electrons. The lowest BCUT2D eigenvalue weighted by Crippen LogP contribution is -2.39. The monoisotopic (exact) mass is 388 g/mol. The number of carbonyl (C=O) groups is 2. The third-order valence-corrected chi connectivity index (χ3v) is 5.74. The second-order valence-corrected chi connectivity index (χ2v) is 8.16. The second kappa shape index (κ2) is 8.60. The number of nitrogens with one attached hydrogen (secondary N) is 1. The molecule has 1 aliphatic rings. The molecule has 0 aliphatic carbocycles. The Morgan fingerprint density at radius 3 is 2.69 bits per heavy atom. The fraction of sp³-hybridized carbons (Fsp3) is 0.300. The number of carbonyl (C=O) groups excluding carboxylic acids is 2. The molecule has 26 heavy (non-hydrogen) atoms. The van der Waals surface area contributed by atoms with E-state index >= 15 is 0 Å². The van der Waals surface area contributed by atoms with Crippen molar-refractivity contribution >= 4 is 40.9 Å². The number of nitrogens with zero attached hydrogens (tertiary/aromatic N) is 1. The van der Waals surface area contributed by atoms with Crippen LogP contribution in [0.1, 0.15) is 25.3 Å². The molecule has 4 nitrogen and oxygen atoms in total. The van der Waals surface area contributed by atoms with Crippen molar-refractivity contribution in [3.8, 4) is 0 Å². The van der Waals surface area contributed by atoms with Crippen LogP contribution in [0.15, 0.2) is 53.4 Å². The van der Waals surface area contributed by atoms with Gasteiger partial charge in [-0.3, -0.25) is 9.59 Å². The van der Waals surface area contributed by atoms with Crippen LogP contribution in [0.2, 0.25) is 5.02 Å². The fourth-order valence-corrected chi connectivity index (χ4v) is 4.22. The second-order valence-electron chi connectivity index (χ2n) is 6.27. The molecule has 2 aromatic carbocycles. The van der Waals surface area contributed by atoms with E-state index in [-0.39, 0.29) is 24.7 Å². The largest absolute Gasteiger partial charge is 0.352 e. The van der Waals surface area contributed by atoms with E-state index in [1.165, 1.54) is 0 Å². The van der Waals surface area contributed by atoms with Gasteiger partial charge in [-0.25, -0.2) is 0 Å². The van der Waals surface area contributed by atoms with Crippen LogP contribution in [-0.2, 0) is 16.1 Å². The van der Waals surface area contributed by atoms with Crippen molar-refractivity contribution in [2.45, 2.75) is 36.5 Å². The lowest BCUT2D eigenvalue weighted by Gasteiger charge is -2.32. The number of para-hydroxylation sites is 1. The van der Waals surface area contributed by atoms with Crippen molar-refractivity contribution < 1.29 is 9.59 Å². The number of rotatable bonds is 5. The van der Waals surface area contributed by atoms with Gasteiger partial charge in [0.1, 0.15) is 0 Å². The van der Waals surface area contributed by atoms with Crippen molar-refractivity contribution in [3.63, 3.8) is 0 Å². The number of hydrogen-bond acceptors (Lipinski definition) is 3. The molecule has 1 atom stereocenters. The van der Waals surface area contributed by atoms with Crippen LogP contribution in [0.25, 0.3) is 0 Å². The molecule has 136 valence electrons. The smallest absolute Gasteiger partial charge is 0.227 e. The van der Waals surface area contributed by atoms with Crippen LogP contribution >= 0.6 is 23.4 Å². The van der Waals surface area contributed by atoms with Gasteiger partial charge in [0, 0.05) is 41.1 Å². The Morgan fingerprint density at radius 1 is 1.15 bits per heavy atom. The number of fused-ring (bicyclic) bond motifs is 1. The van der Waals surface area contributed by atoms with Crippen LogP contribution in [0.4, 0.5) is 5.69 Å². The summed E-state index contributed by atoms with van der Waals surface area (Å²) in [5.74, 6) is -0.163. The fourth-order valence-electron chi connectivity index (χ4n) is 2.90. The average Bonchev–Trinajstić information content (AvgIpc) is 2.64. The molecule has 0 aromatic heterocycles. The zero-order valence-corrected chi connectivity index (χ0v) is 16.1. The number of anilines is 1. The number of amides is 2. The maximum atomic E-state index is 12.7. The zero-order chi connectivity index (χ0) is 18.5. The maximum absolute atomic E-state index is 12.7. The lowest BCUT2D eigenvalue weighted by atomic mass is 10.2. The molecule has 0 unspecified atom stereocenters. The predicted molar refractivity (Wildman–Crippen MR) is 107 cm³/mol. The molecule has 0 fully saturated rings. The van der Waals surface area contributed by atoms with E-state index in [0.717, 1.165) is 16.1 Å². The molecule has 1 N–H and O–H groups in total. The van der Waals surface area contributed by atoms with Gasteiger partial charge in [0.05, 0.1) is 5.69 Å². The van der Waals surface area contributed by atoms with Crippen LogP contribution in [-0.4, -0.2) is 23.6 Å². The van der Waals surface area contributed by atoms with Gasteiger partial charge in [-0.2, -0.15) is 0 Å². The zero-order valence-electron chi connectivity index (χ0n) is 14.6. The summed E-state index contributed by atoms with van der Waals surface area (Å²) in [7, 11) is 0. The van der Waals surface area contributed by atoms with E-state index in [2.05, 4.69) is 12.2 Å². The van der Waals surface area contributed by atoms with Crippen molar-refractivity contribution in [1.29, 1.82) is 0 Å². The van der Waals surface area contributed by atoms with Crippen molar-refractivity contribution in [3.05, 3.63) is 59.1 Å². The molecule has 0 spiro atoms. The van der Waals surface area contributed by atoms with E-state index in [9.17, 15) is 9.59 Å². The predicted octanol–water partition coefficient (Wildman–Crippen LogP) is 4.26. The van der Waals surface area contributed by atoms with Crippen LogP contribution in [0, 0.1) is 0 Å². The molecule has 2 aromatic rings. The molecule has 0 saturated carbocycles. The van der Waals surface area contributed by atoms with E-state index in [1.54, 1.807) is 22.7 Å². The first-order chi connectivity index (χ1) is 12.5. The Hall–Kier alpha value is -1.98. The first-order valence-electron chi connectivity index (χ1n) is 8.61. The summed E-state index contributed by atoms with van der Waals surface area (Å²) < 4.78 is 0. The minimum atomic E-state index is -0.147. The normalized spacial score (nSPS) is 16.1. The molecule has 2 amide bonds. The summed E-state index contributed by atoms with van der Waals surface area (Å²) in [6.07, 6.45) is 0.365. The van der Waals surface area contributed by atoms with Crippen molar-refractivity contribution in [1.82, 2.24) is 5.32 Å². The summed E-state index contributed by atoms with van der Waals surface area (Å²) >= 11 is 7.86. The lowest BCUT2D eigenvalue weighted by molar-refractivity contribution is -0.125. The average molecular weight is 389 g/mol. The summed E-state index contributed by atoms with van der Waals surface area (Å²) in [6, 6.07) is 15.3. The van der Waals surface area contributed by atoms with Gasteiger partial charge in [0.15, 0.2) is 0 Å². The van der Waals surface area contributed by atoms with Crippen LogP contribution in [0.3, 0.4) is 0 Å². The van der Waals surface area contributed by atoms with Crippen molar-refractivity contribution in [2.24, 2.45) is 0 Å². The summed E-state index contributed by atoms with van der Waals surface area (Å²) in [4.78, 5) is 27.7. The van der Waals surface area contributed by atoms with Gasteiger partial charge in [0.25, 0.3) is 0 Å². The molecule has 6 heteroatoms. The minimum absolute atomic E-state index is 0.0162. The Morgan fingerprint density at radius 2 is 1.88 bits per heavy atom. The highest BCUT2D eigenvalue weighted by molar-refractivity contribution is 8.00. The number of halogens is 1. The molecule has 0 bridgehead atoms. The van der Waals surface area contributed by atoms with Gasteiger partial charge in [-0.15, -0.1) is 11.8 Å². The minimum Gasteiger partial charge on any atom is -0.352 e. The molecule has 3 rings (SSSR count). The summed E-state index contributed by atoms with van der Waals surface area (Å²) in [5.41, 5.74) is 1.81. The molecular formula is C20H21ClN2O2S. The molecular weight excluding hydrogens is 368 g/mol. The van der Waals surface area contributed by atoms with E-state index in [0.29, 0.717) is 23.4 Å². The Labute approximate surface area is 162 Å². The van der Waals surface area contributed by atoms with E-state index < -0.39 is 0 Å². The van der Waals surface area contributed by atoms with E-state index in [1.807, 2.05) is 42.5 Å². The highest BCUT2D eigenvalue weighted by Gasteiger charge is 2.26. The maximum Gasteiger partial charge on any atom is 0.227 e. The summed E-state index contributed by atoms with van der Waals surface area (Å²) in [5, 5.41) is 3.79. The van der Waals surface area contributed by atoms with Crippen LogP contribution < -0.4 is 10.2 Å². The Balaban J connectivity index is 1.54. The molecule has 1 heterocycles. The first kappa shape index (κ1) is 18.8. The molecule has 0 saturated heterocycles. The SMILES string of the molecule is C[C@H]1CN(C(=O)CCC(=O)NCc2ccccc2Cl)c2ccccc2S1. The standard InChI is InChI=1S/C20H21ClN2O2S/c1-14-13-23(17-8-4-5-9-18(17)26-14)20(25)11-10-19(24)22-12-15-6-2-3-7-16(15)21/h2-9,14H,10-13H2,1H3,(H,22,24)/t14-/m0/s1. The topological polar surface area (TPSA) is 49.4 Å². The van der Waals surface area contributed by atoms with Gasteiger partial charge in [0.2, 0.25) is 11.8 Å². The van der Waals surface area contributed by atoms with Gasteiger partial charge in [-0.05, 0) is 23.8 Å². The third-order valence-electron chi connectivity index (χ3n) is 4.22. The quantitative estimate of drug-likeness (QED) is 0.832. The Bertz CT molecular complexity index is 812. The number of benzene rings is 2. The van der Waals surface area contributed by atoms with Crippen LogP contribution in [0.5, 0.6) is 0 Å². The van der Waals surface area contributed by atoms with Gasteiger partial charge >= 0.3 is 0 Å². The van der Waals surface area contributed by atoms with Gasteiger partial charge in [-0.1, -0.05) is 48.9 Å². The number of hydrogen-bond donors (Lipinski definition) is 1. The summed E-state index contributed by atoms with van der Waals surface area (Å²) in [6.45, 7) is 3.14. The van der Waals surface area contributed by atoms with Crippen molar-refractivity contribution in [2.75, 3.05) is 11.4 Å². The first-order valence-corrected chi connectivity index (χ1v) is 9.86. The highest BCUT2D eigenvalue weighted by atomic mass is 35.5. The van der Waals surface area contributed by atoms with Gasteiger partial charge < -0.3 is 10.2 Å².